The topological polar surface area (TPSA) is 116 Å². The first-order chi connectivity index (χ1) is 17.8. The van der Waals surface area contributed by atoms with Crippen molar-refractivity contribution in [2.45, 2.75) is 47.5 Å². The molecule has 0 fully saturated rings. The zero-order chi connectivity index (χ0) is 27.1. The monoisotopic (exact) mass is 524 g/mol. The average Bonchev–Trinajstić information content (AvgIpc) is 2.87. The number of benzene rings is 2. The Balaban J connectivity index is 0.00000186. The van der Waals surface area contributed by atoms with Crippen LogP contribution in [-0.4, -0.2) is 37.7 Å². The molecule has 0 aliphatic rings. The van der Waals surface area contributed by atoms with Crippen molar-refractivity contribution < 1.29 is 5.11 Å². The van der Waals surface area contributed by atoms with Crippen LogP contribution < -0.4 is 21.5 Å². The molecule has 0 aliphatic carbocycles. The average molecular weight is 525 g/mol. The van der Waals surface area contributed by atoms with Crippen molar-refractivity contribution in [3.05, 3.63) is 74.0 Å². The van der Waals surface area contributed by atoms with Crippen molar-refractivity contribution >= 4 is 40.0 Å². The van der Waals surface area contributed by atoms with Gasteiger partial charge in [-0.2, -0.15) is 4.98 Å². The molecule has 0 saturated heterocycles. The van der Waals surface area contributed by atoms with E-state index in [0.717, 1.165) is 41.7 Å². The van der Waals surface area contributed by atoms with Crippen LogP contribution in [0.15, 0.2) is 52.2 Å². The van der Waals surface area contributed by atoms with E-state index in [0.29, 0.717) is 0 Å². The van der Waals surface area contributed by atoms with E-state index in [4.69, 9.17) is 11.6 Å². The molecule has 0 atom stereocenters. The van der Waals surface area contributed by atoms with E-state index in [1.807, 2.05) is 26.0 Å². The molecule has 2 heterocycles. The summed E-state index contributed by atoms with van der Waals surface area (Å²) in [5.41, 5.74) is 1.74. The van der Waals surface area contributed by atoms with Crippen LogP contribution in [0.2, 0.25) is 5.02 Å². The van der Waals surface area contributed by atoms with E-state index < -0.39 is 11.2 Å². The third-order valence-corrected chi connectivity index (χ3v) is 5.84. The van der Waals surface area contributed by atoms with Crippen molar-refractivity contribution in [3.8, 4) is 11.4 Å². The minimum Gasteiger partial charge on any atom is -0.506 e. The van der Waals surface area contributed by atoms with Crippen LogP contribution in [0, 0.1) is 6.92 Å². The van der Waals surface area contributed by atoms with Gasteiger partial charge < -0.3 is 15.3 Å². The lowest BCUT2D eigenvalue weighted by molar-refractivity contribution is 0.471. The molecular formula is C27H33ClN6O3. The Morgan fingerprint density at radius 3 is 2.43 bits per heavy atom. The molecule has 3 N–H and O–H groups in total. The highest BCUT2D eigenvalue weighted by molar-refractivity contribution is 6.30. The van der Waals surface area contributed by atoms with Gasteiger partial charge in [-0.25, -0.2) is 14.3 Å². The predicted octanol–water partition coefficient (Wildman–Crippen LogP) is 5.53. The molecular weight excluding hydrogens is 492 g/mol. The van der Waals surface area contributed by atoms with E-state index >= 15 is 0 Å². The summed E-state index contributed by atoms with van der Waals surface area (Å²) in [4.78, 5) is 39.3. The number of aryl methyl sites for hydroxylation is 1. The highest BCUT2D eigenvalue weighted by Crippen LogP contribution is 2.26. The van der Waals surface area contributed by atoms with Gasteiger partial charge in [0.2, 0.25) is 5.95 Å². The number of hydrogen-bond acceptors (Lipinski definition) is 7. The smallest absolute Gasteiger partial charge is 0.334 e. The van der Waals surface area contributed by atoms with E-state index in [-0.39, 0.29) is 33.4 Å². The van der Waals surface area contributed by atoms with Gasteiger partial charge >= 0.3 is 5.69 Å². The lowest BCUT2D eigenvalue weighted by Crippen LogP contribution is -2.34. The van der Waals surface area contributed by atoms with Crippen molar-refractivity contribution in [1.29, 1.82) is 0 Å². The fraction of sp³-hybridized carbons (Fsp3) is 0.333. The normalized spacial score (nSPS) is 10.6. The van der Waals surface area contributed by atoms with Crippen LogP contribution >= 0.6 is 11.6 Å². The Kier molecular flexibility index (Phi) is 9.30. The molecule has 0 amide bonds. The molecule has 196 valence electrons. The number of H-pyrrole nitrogens is 1. The van der Waals surface area contributed by atoms with Crippen molar-refractivity contribution in [2.75, 3.05) is 23.3 Å². The molecule has 0 saturated carbocycles. The fourth-order valence-electron chi connectivity index (χ4n) is 4.07. The second-order valence-electron chi connectivity index (χ2n) is 8.27. The number of aromatic amines is 1. The molecule has 4 aromatic rings. The quantitative estimate of drug-likeness (QED) is 0.277. The summed E-state index contributed by atoms with van der Waals surface area (Å²) in [6, 6.07) is 10.2. The Bertz CT molecular complexity index is 1490. The Hall–Kier alpha value is -3.85. The minimum absolute atomic E-state index is 0.0244. The number of halogens is 1. The third kappa shape index (κ3) is 6.11. The van der Waals surface area contributed by atoms with Crippen LogP contribution in [-0.2, 0) is 0 Å². The van der Waals surface area contributed by atoms with Gasteiger partial charge in [-0.15, -0.1) is 0 Å². The Morgan fingerprint density at radius 1 is 1.08 bits per heavy atom. The molecule has 2 aromatic heterocycles. The van der Waals surface area contributed by atoms with Gasteiger partial charge in [0.1, 0.15) is 11.1 Å². The summed E-state index contributed by atoms with van der Waals surface area (Å²) in [6.07, 6.45) is 3.48. The molecule has 9 nitrogen and oxygen atoms in total. The number of hydrogen-bond donors (Lipinski definition) is 3. The van der Waals surface area contributed by atoms with Crippen LogP contribution in [0.25, 0.3) is 16.7 Å². The summed E-state index contributed by atoms with van der Waals surface area (Å²) in [5, 5.41) is 13.6. The maximum Gasteiger partial charge on any atom is 0.334 e. The number of nitrogens with zero attached hydrogens (tertiary/aromatic N) is 4. The van der Waals surface area contributed by atoms with Crippen LogP contribution in [0.3, 0.4) is 0 Å². The first kappa shape index (κ1) is 27.7. The molecule has 37 heavy (non-hydrogen) atoms. The van der Waals surface area contributed by atoms with Gasteiger partial charge in [0.15, 0.2) is 5.65 Å². The highest BCUT2D eigenvalue weighted by Gasteiger charge is 2.15. The SMILES string of the molecule is CC.CCCN(CCC)c1ccc(Nc2ncc3c(=O)n(-c4cc(Cl)ccc4O)c(=O)[nH]c3n2)cc1C. The molecule has 4 rings (SSSR count). The second kappa shape index (κ2) is 12.4. The Morgan fingerprint density at radius 2 is 1.78 bits per heavy atom. The molecule has 0 unspecified atom stereocenters. The molecule has 2 aromatic carbocycles. The lowest BCUT2D eigenvalue weighted by Gasteiger charge is -2.26. The standard InChI is InChI=1S/C25H27ClN6O3.C2H6/c1-4-10-31(11-5-2)19-8-7-17(12-15(19)3)28-24-27-14-18-22(29-24)30-25(35)32(23(18)34)20-13-16(26)6-9-21(20)33;1-2/h6-9,12-14,33H,4-5,10-11H2,1-3H3,(H2,27,28,29,30,35);1-2H3. The largest absolute Gasteiger partial charge is 0.506 e. The van der Waals surface area contributed by atoms with Crippen LogP contribution in [0.4, 0.5) is 17.3 Å². The van der Waals surface area contributed by atoms with Crippen molar-refractivity contribution in [1.82, 2.24) is 19.5 Å². The van der Waals surface area contributed by atoms with Crippen molar-refractivity contribution in [3.63, 3.8) is 0 Å². The van der Waals surface area contributed by atoms with Gasteiger partial charge in [-0.1, -0.05) is 39.3 Å². The number of fused-ring (bicyclic) bond motifs is 1. The molecule has 0 aliphatic heterocycles. The lowest BCUT2D eigenvalue weighted by atomic mass is 10.1. The van der Waals surface area contributed by atoms with Crippen LogP contribution in [0.1, 0.15) is 46.1 Å². The minimum atomic E-state index is -0.753. The number of rotatable bonds is 8. The van der Waals surface area contributed by atoms with Gasteiger partial charge in [-0.05, 0) is 61.7 Å². The van der Waals surface area contributed by atoms with Crippen LogP contribution in [0.5, 0.6) is 5.75 Å². The highest BCUT2D eigenvalue weighted by atomic mass is 35.5. The first-order valence-electron chi connectivity index (χ1n) is 12.5. The maximum atomic E-state index is 13.0. The van der Waals surface area contributed by atoms with Gasteiger partial charge in [0.25, 0.3) is 5.56 Å². The number of anilines is 3. The summed E-state index contributed by atoms with van der Waals surface area (Å²) in [6.45, 7) is 12.4. The number of aromatic hydroxyl groups is 1. The first-order valence-corrected chi connectivity index (χ1v) is 12.8. The molecule has 0 radical (unpaired) electrons. The summed E-state index contributed by atoms with van der Waals surface area (Å²) in [5.74, 6) is -0.0159. The number of nitrogens with one attached hydrogen (secondary N) is 2. The Labute approximate surface area is 220 Å². The third-order valence-electron chi connectivity index (χ3n) is 5.61. The van der Waals surface area contributed by atoms with Gasteiger partial charge in [0, 0.05) is 35.7 Å². The summed E-state index contributed by atoms with van der Waals surface area (Å²) in [7, 11) is 0. The number of aromatic nitrogens is 4. The van der Waals surface area contributed by atoms with E-state index in [9.17, 15) is 14.7 Å². The number of phenolic OH excluding ortho intramolecular Hbond substituents is 1. The summed E-state index contributed by atoms with van der Waals surface area (Å²) < 4.78 is 0.806. The fourth-order valence-corrected chi connectivity index (χ4v) is 4.23. The zero-order valence-electron chi connectivity index (χ0n) is 21.8. The maximum absolute atomic E-state index is 13.0. The molecule has 0 spiro atoms. The predicted molar refractivity (Wildman–Crippen MR) is 151 cm³/mol. The number of phenols is 1. The zero-order valence-corrected chi connectivity index (χ0v) is 22.6. The van der Waals surface area contributed by atoms with E-state index in [2.05, 4.69) is 52.0 Å². The van der Waals surface area contributed by atoms with Gasteiger partial charge in [0.05, 0.1) is 5.69 Å². The van der Waals surface area contributed by atoms with Crippen molar-refractivity contribution in [2.24, 2.45) is 0 Å². The molecule has 0 bridgehead atoms. The molecule has 10 heteroatoms. The van der Waals surface area contributed by atoms with E-state index in [1.54, 1.807) is 0 Å². The van der Waals surface area contributed by atoms with Gasteiger partial charge in [-0.3, -0.25) is 9.78 Å². The second-order valence-corrected chi connectivity index (χ2v) is 8.71. The summed E-state index contributed by atoms with van der Waals surface area (Å²) >= 11 is 5.98. The van der Waals surface area contributed by atoms with E-state index in [1.165, 1.54) is 30.1 Å².